The van der Waals surface area contributed by atoms with Crippen LogP contribution in [0, 0.1) is 5.92 Å². The van der Waals surface area contributed by atoms with Gasteiger partial charge in [0.2, 0.25) is 5.91 Å². The van der Waals surface area contributed by atoms with Crippen molar-refractivity contribution in [3.63, 3.8) is 0 Å². The molecule has 1 amide bonds. The van der Waals surface area contributed by atoms with Gasteiger partial charge in [0.25, 0.3) is 0 Å². The van der Waals surface area contributed by atoms with E-state index in [9.17, 15) is 4.79 Å². The number of nitrogens with one attached hydrogen (secondary N) is 1. The monoisotopic (exact) mass is 469 g/mol. The SMILES string of the molecule is CC(/C=C/CCCCCCOCc1ccc(Cl)cc1Br)=C\C(=O)NCC(C)C. The Labute approximate surface area is 183 Å². The molecule has 0 saturated carbocycles. The molecule has 28 heavy (non-hydrogen) atoms. The van der Waals surface area contributed by atoms with E-state index in [-0.39, 0.29) is 5.91 Å². The largest absolute Gasteiger partial charge is 0.377 e. The number of rotatable bonds is 13. The zero-order valence-electron chi connectivity index (χ0n) is 17.3. The van der Waals surface area contributed by atoms with Crippen LogP contribution in [0.2, 0.25) is 5.02 Å². The lowest BCUT2D eigenvalue weighted by Gasteiger charge is -2.06. The van der Waals surface area contributed by atoms with Gasteiger partial charge in [-0.25, -0.2) is 0 Å². The molecule has 1 aromatic rings. The molecule has 3 nitrogen and oxygen atoms in total. The van der Waals surface area contributed by atoms with Gasteiger partial charge in [0, 0.05) is 28.7 Å². The maximum Gasteiger partial charge on any atom is 0.244 e. The summed E-state index contributed by atoms with van der Waals surface area (Å²) in [6, 6.07) is 5.76. The number of carbonyl (C=O) groups is 1. The van der Waals surface area contributed by atoms with Gasteiger partial charge in [0.1, 0.15) is 0 Å². The van der Waals surface area contributed by atoms with Crippen molar-refractivity contribution in [3.8, 4) is 0 Å². The molecule has 0 bridgehead atoms. The summed E-state index contributed by atoms with van der Waals surface area (Å²) < 4.78 is 6.73. The van der Waals surface area contributed by atoms with E-state index in [0.29, 0.717) is 19.1 Å². The molecule has 0 aliphatic heterocycles. The zero-order chi connectivity index (χ0) is 20.8. The summed E-state index contributed by atoms with van der Waals surface area (Å²) in [4.78, 5) is 11.7. The minimum Gasteiger partial charge on any atom is -0.377 e. The van der Waals surface area contributed by atoms with Gasteiger partial charge < -0.3 is 10.1 Å². The highest BCUT2D eigenvalue weighted by Crippen LogP contribution is 2.22. The maximum atomic E-state index is 11.7. The molecule has 0 fully saturated rings. The number of ether oxygens (including phenoxy) is 1. The van der Waals surface area contributed by atoms with Gasteiger partial charge in [-0.05, 0) is 55.4 Å². The lowest BCUT2D eigenvalue weighted by atomic mass is 10.1. The normalized spacial score (nSPS) is 12.1. The summed E-state index contributed by atoms with van der Waals surface area (Å²) in [5, 5.41) is 3.62. The Bertz CT molecular complexity index is 656. The van der Waals surface area contributed by atoms with Gasteiger partial charge >= 0.3 is 0 Å². The number of benzene rings is 1. The molecule has 0 aromatic heterocycles. The number of amides is 1. The number of halogens is 2. The highest BCUT2D eigenvalue weighted by atomic mass is 79.9. The van der Waals surface area contributed by atoms with Crippen molar-refractivity contribution < 1.29 is 9.53 Å². The molecule has 156 valence electrons. The second-order valence-electron chi connectivity index (χ2n) is 7.42. The van der Waals surface area contributed by atoms with Crippen LogP contribution in [0.15, 0.2) is 46.5 Å². The van der Waals surface area contributed by atoms with E-state index in [2.05, 4.69) is 41.2 Å². The summed E-state index contributed by atoms with van der Waals surface area (Å²) in [6.45, 7) is 8.23. The molecule has 0 atom stereocenters. The van der Waals surface area contributed by atoms with Crippen molar-refractivity contribution >= 4 is 33.4 Å². The molecular weight excluding hydrogens is 438 g/mol. The van der Waals surface area contributed by atoms with Crippen molar-refractivity contribution in [1.82, 2.24) is 5.32 Å². The molecule has 5 heteroatoms. The number of unbranched alkanes of at least 4 members (excludes halogenated alkanes) is 4. The smallest absolute Gasteiger partial charge is 0.244 e. The lowest BCUT2D eigenvalue weighted by Crippen LogP contribution is -2.25. The van der Waals surface area contributed by atoms with Crippen LogP contribution in [0.1, 0.15) is 58.4 Å². The van der Waals surface area contributed by atoms with Crippen LogP contribution in [0.5, 0.6) is 0 Å². The van der Waals surface area contributed by atoms with Crippen LogP contribution in [0.25, 0.3) is 0 Å². The fourth-order valence-electron chi connectivity index (χ4n) is 2.52. The van der Waals surface area contributed by atoms with Crippen LogP contribution in [-0.2, 0) is 16.1 Å². The Morgan fingerprint density at radius 2 is 2.00 bits per heavy atom. The first kappa shape index (κ1) is 24.9. The Morgan fingerprint density at radius 1 is 1.25 bits per heavy atom. The quantitative estimate of drug-likeness (QED) is 0.194. The van der Waals surface area contributed by atoms with E-state index in [1.807, 2.05) is 31.2 Å². The molecule has 0 aliphatic carbocycles. The van der Waals surface area contributed by atoms with Crippen molar-refractivity contribution in [2.45, 2.75) is 59.5 Å². The third kappa shape index (κ3) is 12.4. The summed E-state index contributed by atoms with van der Waals surface area (Å²) in [5.74, 6) is 0.458. The van der Waals surface area contributed by atoms with E-state index in [0.717, 1.165) is 46.5 Å². The van der Waals surface area contributed by atoms with Crippen LogP contribution < -0.4 is 5.32 Å². The standard InChI is InChI=1S/C23H33BrClNO2/c1-18(2)16-26-23(27)14-19(3)10-8-6-4-5-7-9-13-28-17-20-11-12-21(25)15-22(20)24/h8,10-12,14-15,18H,4-7,9,13,16-17H2,1-3H3,(H,26,27)/b10-8+,19-14+. The molecule has 0 aliphatic rings. The Morgan fingerprint density at radius 3 is 2.71 bits per heavy atom. The second-order valence-corrected chi connectivity index (χ2v) is 8.71. The first-order valence-corrected chi connectivity index (χ1v) is 11.2. The number of hydrogen-bond acceptors (Lipinski definition) is 2. The van der Waals surface area contributed by atoms with Gasteiger partial charge in [-0.15, -0.1) is 0 Å². The molecule has 1 N–H and O–H groups in total. The zero-order valence-corrected chi connectivity index (χ0v) is 19.6. The second kappa shape index (κ2) is 14.8. The maximum absolute atomic E-state index is 11.7. The third-order valence-corrected chi connectivity index (χ3v) is 5.08. The molecule has 0 saturated heterocycles. The van der Waals surface area contributed by atoms with Crippen LogP contribution in [0.4, 0.5) is 0 Å². The van der Waals surface area contributed by atoms with E-state index >= 15 is 0 Å². The van der Waals surface area contributed by atoms with E-state index in [1.165, 1.54) is 12.8 Å². The minimum absolute atomic E-state index is 0.0125. The van der Waals surface area contributed by atoms with Crippen LogP contribution in [-0.4, -0.2) is 19.1 Å². The summed E-state index contributed by atoms with van der Waals surface area (Å²) >= 11 is 9.44. The van der Waals surface area contributed by atoms with Gasteiger partial charge in [-0.1, -0.05) is 72.4 Å². The fourth-order valence-corrected chi connectivity index (χ4v) is 3.32. The van der Waals surface area contributed by atoms with Crippen LogP contribution in [0.3, 0.4) is 0 Å². The molecule has 0 unspecified atom stereocenters. The Hall–Kier alpha value is -1.10. The third-order valence-electron chi connectivity index (χ3n) is 4.11. The molecule has 0 heterocycles. The lowest BCUT2D eigenvalue weighted by molar-refractivity contribution is -0.116. The highest BCUT2D eigenvalue weighted by Gasteiger charge is 2.01. The first-order chi connectivity index (χ1) is 13.4. The topological polar surface area (TPSA) is 38.3 Å². The van der Waals surface area contributed by atoms with Crippen LogP contribution >= 0.6 is 27.5 Å². The van der Waals surface area contributed by atoms with Gasteiger partial charge in [0.05, 0.1) is 6.61 Å². The Kier molecular flexibility index (Phi) is 13.2. The number of allylic oxidation sites excluding steroid dienone is 3. The molecular formula is C23H33BrClNO2. The van der Waals surface area contributed by atoms with Crippen molar-refractivity contribution in [3.05, 3.63) is 57.1 Å². The predicted octanol–water partition coefficient (Wildman–Crippen LogP) is 6.84. The summed E-state index contributed by atoms with van der Waals surface area (Å²) in [5.41, 5.74) is 2.11. The van der Waals surface area contributed by atoms with Crippen molar-refractivity contribution in [2.24, 2.45) is 5.92 Å². The fraction of sp³-hybridized carbons (Fsp3) is 0.522. The molecule has 0 spiro atoms. The van der Waals surface area contributed by atoms with Gasteiger partial charge in [0.15, 0.2) is 0 Å². The Balaban J connectivity index is 2.05. The average Bonchev–Trinajstić information content (AvgIpc) is 2.63. The molecule has 0 radical (unpaired) electrons. The van der Waals surface area contributed by atoms with E-state index in [4.69, 9.17) is 16.3 Å². The van der Waals surface area contributed by atoms with Gasteiger partial charge in [-0.2, -0.15) is 0 Å². The minimum atomic E-state index is -0.0125. The van der Waals surface area contributed by atoms with Gasteiger partial charge in [-0.3, -0.25) is 4.79 Å². The number of hydrogen-bond donors (Lipinski definition) is 1. The highest BCUT2D eigenvalue weighted by molar-refractivity contribution is 9.10. The summed E-state index contributed by atoms with van der Waals surface area (Å²) in [7, 11) is 0. The van der Waals surface area contributed by atoms with Crippen molar-refractivity contribution in [2.75, 3.05) is 13.2 Å². The molecule has 1 rings (SSSR count). The van der Waals surface area contributed by atoms with E-state index in [1.54, 1.807) is 6.08 Å². The predicted molar refractivity (Wildman–Crippen MR) is 123 cm³/mol. The molecule has 1 aromatic carbocycles. The van der Waals surface area contributed by atoms with Crippen molar-refractivity contribution in [1.29, 1.82) is 0 Å². The first-order valence-electron chi connectivity index (χ1n) is 10.0. The number of carbonyl (C=O) groups excluding carboxylic acids is 1. The summed E-state index contributed by atoms with van der Waals surface area (Å²) in [6.07, 6.45) is 11.5. The average molecular weight is 471 g/mol. The van der Waals surface area contributed by atoms with E-state index < -0.39 is 0 Å².